The van der Waals surface area contributed by atoms with Gasteiger partial charge in [-0.3, -0.25) is 4.79 Å². The van der Waals surface area contributed by atoms with Crippen LogP contribution in [0.15, 0.2) is 47.3 Å². The number of nitrogens with zero attached hydrogens (tertiary/aromatic N) is 1. The van der Waals surface area contributed by atoms with Crippen LogP contribution in [0.25, 0.3) is 22.0 Å². The van der Waals surface area contributed by atoms with Gasteiger partial charge in [-0.15, -0.1) is 0 Å². The lowest BCUT2D eigenvalue weighted by Crippen LogP contribution is -2.09. The van der Waals surface area contributed by atoms with Crippen LogP contribution in [0.1, 0.15) is 16.2 Å². The summed E-state index contributed by atoms with van der Waals surface area (Å²) in [7, 11) is 0. The van der Waals surface area contributed by atoms with Gasteiger partial charge in [-0.2, -0.15) is 0 Å². The number of hydrogen-bond acceptors (Lipinski definition) is 3. The Hall–Kier alpha value is -2.95. The topological polar surface area (TPSA) is 83.0 Å². The second kappa shape index (κ2) is 4.86. The maximum Gasteiger partial charge on any atom is 0.335 e. The highest BCUT2D eigenvalue weighted by atomic mass is 16.4. The van der Waals surface area contributed by atoms with Gasteiger partial charge in [-0.25, -0.2) is 9.78 Å². The third kappa shape index (κ3) is 2.41. The molecular weight excluding hydrogens is 268 g/mol. The summed E-state index contributed by atoms with van der Waals surface area (Å²) in [5.74, 6) is -0.416. The van der Waals surface area contributed by atoms with Crippen molar-refractivity contribution in [3.8, 4) is 11.1 Å². The van der Waals surface area contributed by atoms with Crippen LogP contribution in [0, 0.1) is 6.92 Å². The van der Waals surface area contributed by atoms with Gasteiger partial charge in [0, 0.05) is 0 Å². The van der Waals surface area contributed by atoms with E-state index in [0.29, 0.717) is 16.7 Å². The second-order valence-corrected chi connectivity index (χ2v) is 4.77. The summed E-state index contributed by atoms with van der Waals surface area (Å²) < 4.78 is 0. The first-order chi connectivity index (χ1) is 10.0. The van der Waals surface area contributed by atoms with E-state index in [1.54, 1.807) is 31.2 Å². The van der Waals surface area contributed by atoms with Crippen molar-refractivity contribution in [2.24, 2.45) is 0 Å². The number of fused-ring (bicyclic) bond motifs is 1. The molecule has 0 bridgehead atoms. The molecular formula is C16H12N2O3. The normalized spacial score (nSPS) is 10.7. The summed E-state index contributed by atoms with van der Waals surface area (Å²) in [5.41, 5.74) is 2.16. The van der Waals surface area contributed by atoms with E-state index in [2.05, 4.69) is 9.97 Å². The number of carbonyl (C=O) groups is 1. The van der Waals surface area contributed by atoms with Crippen LogP contribution in [-0.2, 0) is 0 Å². The van der Waals surface area contributed by atoms with E-state index < -0.39 is 5.97 Å². The third-order valence-corrected chi connectivity index (χ3v) is 3.27. The van der Waals surface area contributed by atoms with Crippen LogP contribution in [0.2, 0.25) is 0 Å². The number of aromatic carboxylic acids is 1. The summed E-state index contributed by atoms with van der Waals surface area (Å²) in [4.78, 5) is 29.9. The van der Waals surface area contributed by atoms with E-state index in [1.807, 2.05) is 12.1 Å². The van der Waals surface area contributed by atoms with Gasteiger partial charge in [-0.05, 0) is 42.3 Å². The SMILES string of the molecule is Cc1nc2ccc(-c3cccc(C(=O)O)c3)cc2c(=O)[nH]1. The summed E-state index contributed by atoms with van der Waals surface area (Å²) in [6.07, 6.45) is 0. The number of rotatable bonds is 2. The van der Waals surface area contributed by atoms with E-state index in [0.717, 1.165) is 11.1 Å². The van der Waals surface area contributed by atoms with Crippen molar-refractivity contribution in [1.29, 1.82) is 0 Å². The molecule has 0 aliphatic rings. The molecule has 0 saturated carbocycles. The largest absolute Gasteiger partial charge is 0.478 e. The van der Waals surface area contributed by atoms with Crippen LogP contribution in [0.4, 0.5) is 0 Å². The molecule has 3 rings (SSSR count). The van der Waals surface area contributed by atoms with Crippen LogP contribution in [0.5, 0.6) is 0 Å². The second-order valence-electron chi connectivity index (χ2n) is 4.77. The Morgan fingerprint density at radius 2 is 1.90 bits per heavy atom. The molecule has 0 fully saturated rings. The van der Waals surface area contributed by atoms with E-state index in [9.17, 15) is 9.59 Å². The number of aryl methyl sites for hydroxylation is 1. The number of benzene rings is 2. The molecule has 1 aromatic heterocycles. The van der Waals surface area contributed by atoms with E-state index in [-0.39, 0.29) is 11.1 Å². The zero-order valence-electron chi connectivity index (χ0n) is 11.3. The van der Waals surface area contributed by atoms with E-state index in [1.165, 1.54) is 6.07 Å². The number of carboxylic acid groups (broad SMARTS) is 1. The average molecular weight is 280 g/mol. The molecule has 0 atom stereocenters. The molecule has 0 saturated heterocycles. The summed E-state index contributed by atoms with van der Waals surface area (Å²) in [6, 6.07) is 11.9. The molecule has 0 aliphatic heterocycles. The maximum absolute atomic E-state index is 12.0. The molecule has 5 nitrogen and oxygen atoms in total. The van der Waals surface area contributed by atoms with Gasteiger partial charge in [0.05, 0.1) is 16.5 Å². The molecule has 0 aliphatic carbocycles. The predicted octanol–water partition coefficient (Wildman–Crippen LogP) is 2.60. The van der Waals surface area contributed by atoms with Crippen LogP contribution < -0.4 is 5.56 Å². The highest BCUT2D eigenvalue weighted by Gasteiger charge is 2.07. The van der Waals surface area contributed by atoms with Crippen molar-refractivity contribution in [3.63, 3.8) is 0 Å². The quantitative estimate of drug-likeness (QED) is 0.755. The van der Waals surface area contributed by atoms with Crippen molar-refractivity contribution < 1.29 is 9.90 Å². The molecule has 21 heavy (non-hydrogen) atoms. The number of aromatic amines is 1. The third-order valence-electron chi connectivity index (χ3n) is 3.27. The van der Waals surface area contributed by atoms with Crippen LogP contribution in [0.3, 0.4) is 0 Å². The fourth-order valence-electron chi connectivity index (χ4n) is 2.27. The zero-order chi connectivity index (χ0) is 15.0. The van der Waals surface area contributed by atoms with Crippen molar-refractivity contribution in [3.05, 3.63) is 64.2 Å². The minimum atomic E-state index is -0.979. The van der Waals surface area contributed by atoms with Crippen molar-refractivity contribution in [2.75, 3.05) is 0 Å². The first-order valence-corrected chi connectivity index (χ1v) is 6.39. The monoisotopic (exact) mass is 280 g/mol. The first-order valence-electron chi connectivity index (χ1n) is 6.39. The van der Waals surface area contributed by atoms with Crippen molar-refractivity contribution >= 4 is 16.9 Å². The molecule has 2 aromatic carbocycles. The lowest BCUT2D eigenvalue weighted by molar-refractivity contribution is 0.0697. The molecule has 1 heterocycles. The van der Waals surface area contributed by atoms with Gasteiger partial charge in [0.25, 0.3) is 5.56 Å². The lowest BCUT2D eigenvalue weighted by atomic mass is 10.0. The van der Waals surface area contributed by atoms with Crippen molar-refractivity contribution in [2.45, 2.75) is 6.92 Å². The number of hydrogen-bond donors (Lipinski definition) is 2. The molecule has 2 N–H and O–H groups in total. The zero-order valence-corrected chi connectivity index (χ0v) is 11.3. The van der Waals surface area contributed by atoms with Crippen LogP contribution in [-0.4, -0.2) is 21.0 Å². The molecule has 0 unspecified atom stereocenters. The fraction of sp³-hybridized carbons (Fsp3) is 0.0625. The van der Waals surface area contributed by atoms with Crippen molar-refractivity contribution in [1.82, 2.24) is 9.97 Å². The van der Waals surface area contributed by atoms with E-state index >= 15 is 0 Å². The molecule has 104 valence electrons. The van der Waals surface area contributed by atoms with E-state index in [4.69, 9.17) is 5.11 Å². The molecule has 0 amide bonds. The Balaban J connectivity index is 2.20. The number of carboxylic acids is 1. The van der Waals surface area contributed by atoms with Gasteiger partial charge in [0.1, 0.15) is 5.82 Å². The highest BCUT2D eigenvalue weighted by Crippen LogP contribution is 2.23. The van der Waals surface area contributed by atoms with Gasteiger partial charge in [-0.1, -0.05) is 18.2 Å². The van der Waals surface area contributed by atoms with Gasteiger partial charge >= 0.3 is 5.97 Å². The van der Waals surface area contributed by atoms with Crippen LogP contribution >= 0.6 is 0 Å². The predicted molar refractivity (Wildman–Crippen MR) is 79.5 cm³/mol. The Kier molecular flexibility index (Phi) is 3.02. The Morgan fingerprint density at radius 1 is 1.14 bits per heavy atom. The van der Waals surface area contributed by atoms with Gasteiger partial charge in [0.2, 0.25) is 0 Å². The minimum Gasteiger partial charge on any atom is -0.478 e. The molecule has 0 spiro atoms. The lowest BCUT2D eigenvalue weighted by Gasteiger charge is -2.05. The average Bonchev–Trinajstić information content (AvgIpc) is 2.47. The number of H-pyrrole nitrogens is 1. The number of nitrogens with one attached hydrogen (secondary N) is 1. The Labute approximate surface area is 119 Å². The molecule has 0 radical (unpaired) electrons. The minimum absolute atomic E-state index is 0.200. The number of aromatic nitrogens is 2. The Morgan fingerprint density at radius 3 is 2.67 bits per heavy atom. The summed E-state index contributed by atoms with van der Waals surface area (Å²) in [6.45, 7) is 1.73. The Bertz CT molecular complexity index is 913. The summed E-state index contributed by atoms with van der Waals surface area (Å²) >= 11 is 0. The van der Waals surface area contributed by atoms with Gasteiger partial charge in [0.15, 0.2) is 0 Å². The molecule has 5 heteroatoms. The molecule has 3 aromatic rings. The fourth-order valence-corrected chi connectivity index (χ4v) is 2.27. The smallest absolute Gasteiger partial charge is 0.335 e. The van der Waals surface area contributed by atoms with Gasteiger partial charge < -0.3 is 10.1 Å². The highest BCUT2D eigenvalue weighted by molar-refractivity contribution is 5.90. The maximum atomic E-state index is 12.0. The summed E-state index contributed by atoms with van der Waals surface area (Å²) in [5, 5.41) is 9.52. The standard InChI is InChI=1S/C16H12N2O3/c1-9-17-14-6-5-11(8-13(14)15(19)18-9)10-3-2-4-12(7-10)16(20)21/h2-8H,1H3,(H,20,21)(H,17,18,19). The first kappa shape index (κ1) is 13.1.